The van der Waals surface area contributed by atoms with E-state index in [1.54, 1.807) is 30.3 Å². The second-order valence-electron chi connectivity index (χ2n) is 5.98. The maximum Gasteiger partial charge on any atom is 0.312 e. The first-order chi connectivity index (χ1) is 13.1. The van der Waals surface area contributed by atoms with Crippen LogP contribution < -0.4 is 10.9 Å². The Bertz CT molecular complexity index is 1040. The smallest absolute Gasteiger partial charge is 0.312 e. The molecular formula is C20H19N3O4. The lowest BCUT2D eigenvalue weighted by Crippen LogP contribution is -2.22. The van der Waals surface area contributed by atoms with Gasteiger partial charge in [-0.25, -0.2) is 5.10 Å². The van der Waals surface area contributed by atoms with Gasteiger partial charge in [0.2, 0.25) is 0 Å². The summed E-state index contributed by atoms with van der Waals surface area (Å²) in [4.78, 5) is 35.8. The number of benzene rings is 2. The molecule has 0 saturated carbocycles. The molecule has 1 amide bonds. The number of aromatic amines is 1. The first-order valence-electron chi connectivity index (χ1n) is 8.57. The minimum Gasteiger partial charge on any atom is -0.455 e. The summed E-state index contributed by atoms with van der Waals surface area (Å²) in [5.41, 5.74) is 1.83. The van der Waals surface area contributed by atoms with E-state index in [1.165, 1.54) is 0 Å². The molecule has 0 atom stereocenters. The minimum atomic E-state index is -0.600. The predicted molar refractivity (Wildman–Crippen MR) is 101 cm³/mol. The Kier molecular flexibility index (Phi) is 5.61. The first kappa shape index (κ1) is 18.3. The Labute approximate surface area is 155 Å². The van der Waals surface area contributed by atoms with Crippen LogP contribution in [0.15, 0.2) is 53.3 Å². The zero-order valence-electron chi connectivity index (χ0n) is 14.8. The molecule has 0 unspecified atom stereocenters. The molecule has 2 aromatic carbocycles. The van der Waals surface area contributed by atoms with Crippen molar-refractivity contribution < 1.29 is 14.3 Å². The zero-order valence-corrected chi connectivity index (χ0v) is 14.8. The highest BCUT2D eigenvalue weighted by molar-refractivity contribution is 5.93. The molecule has 0 aliphatic heterocycles. The molecule has 1 aromatic heterocycles. The number of hydrogen-bond acceptors (Lipinski definition) is 5. The van der Waals surface area contributed by atoms with Crippen molar-refractivity contribution in [1.82, 2.24) is 10.2 Å². The average molecular weight is 365 g/mol. The summed E-state index contributed by atoms with van der Waals surface area (Å²) in [5, 5.41) is 10.0. The van der Waals surface area contributed by atoms with E-state index < -0.39 is 18.5 Å². The number of nitrogens with zero attached hydrogens (tertiary/aromatic N) is 1. The van der Waals surface area contributed by atoms with Crippen LogP contribution in [-0.2, 0) is 27.2 Å². The largest absolute Gasteiger partial charge is 0.455 e. The average Bonchev–Trinajstić information content (AvgIpc) is 2.69. The number of ether oxygens (including phenoxy) is 1. The number of aromatic nitrogens is 2. The monoisotopic (exact) mass is 365 g/mol. The molecular weight excluding hydrogens is 346 g/mol. The van der Waals surface area contributed by atoms with Gasteiger partial charge in [0, 0.05) is 11.1 Å². The molecule has 7 nitrogen and oxygen atoms in total. The van der Waals surface area contributed by atoms with Gasteiger partial charge in [-0.05, 0) is 30.2 Å². The molecule has 3 rings (SSSR count). The Hall–Kier alpha value is -3.48. The molecule has 1 heterocycles. The normalized spacial score (nSPS) is 10.6. The number of hydrogen-bond donors (Lipinski definition) is 2. The van der Waals surface area contributed by atoms with Crippen molar-refractivity contribution in [3.05, 3.63) is 70.1 Å². The van der Waals surface area contributed by atoms with E-state index in [1.807, 2.05) is 25.1 Å². The highest BCUT2D eigenvalue weighted by Gasteiger charge is 2.13. The van der Waals surface area contributed by atoms with Crippen LogP contribution in [0.25, 0.3) is 10.8 Å². The molecule has 0 fully saturated rings. The second kappa shape index (κ2) is 8.27. The predicted octanol–water partition coefficient (Wildman–Crippen LogP) is 2.21. The van der Waals surface area contributed by atoms with E-state index in [9.17, 15) is 14.4 Å². The molecule has 0 spiro atoms. The van der Waals surface area contributed by atoms with Crippen molar-refractivity contribution in [1.29, 1.82) is 0 Å². The van der Waals surface area contributed by atoms with Gasteiger partial charge in [0.15, 0.2) is 6.61 Å². The number of fused-ring (bicyclic) bond motifs is 1. The van der Waals surface area contributed by atoms with Gasteiger partial charge in [-0.2, -0.15) is 5.10 Å². The number of carbonyl (C=O) groups excluding carboxylic acids is 2. The number of aryl methyl sites for hydroxylation is 1. The van der Waals surface area contributed by atoms with E-state index in [-0.39, 0.29) is 12.0 Å². The van der Waals surface area contributed by atoms with Crippen LogP contribution in [-0.4, -0.2) is 28.7 Å². The van der Waals surface area contributed by atoms with Crippen LogP contribution >= 0.6 is 0 Å². The van der Waals surface area contributed by atoms with Crippen LogP contribution in [0, 0.1) is 0 Å². The van der Waals surface area contributed by atoms with Crippen molar-refractivity contribution in [3.63, 3.8) is 0 Å². The molecule has 0 aliphatic carbocycles. The lowest BCUT2D eigenvalue weighted by molar-refractivity contribution is -0.146. The summed E-state index contributed by atoms with van der Waals surface area (Å²) in [5.74, 6) is -1.02. The number of carbonyl (C=O) groups is 2. The Morgan fingerprint density at radius 3 is 2.67 bits per heavy atom. The molecule has 0 bridgehead atoms. The summed E-state index contributed by atoms with van der Waals surface area (Å²) < 4.78 is 5.03. The molecule has 7 heteroatoms. The third-order valence-electron chi connectivity index (χ3n) is 4.07. The number of rotatable bonds is 6. The molecule has 27 heavy (non-hydrogen) atoms. The van der Waals surface area contributed by atoms with Crippen molar-refractivity contribution in [2.45, 2.75) is 19.8 Å². The van der Waals surface area contributed by atoms with E-state index >= 15 is 0 Å². The van der Waals surface area contributed by atoms with Crippen LogP contribution in [0.2, 0.25) is 0 Å². The van der Waals surface area contributed by atoms with Gasteiger partial charge in [0.25, 0.3) is 11.5 Å². The van der Waals surface area contributed by atoms with E-state index in [0.29, 0.717) is 22.2 Å². The summed E-state index contributed by atoms with van der Waals surface area (Å²) in [6, 6.07) is 14.3. The number of esters is 1. The fourth-order valence-electron chi connectivity index (χ4n) is 2.71. The van der Waals surface area contributed by atoms with Crippen molar-refractivity contribution in [2.24, 2.45) is 0 Å². The highest BCUT2D eigenvalue weighted by atomic mass is 16.5. The maximum atomic E-state index is 12.1. The fourth-order valence-corrected chi connectivity index (χ4v) is 2.71. The van der Waals surface area contributed by atoms with Crippen LogP contribution in [0.5, 0.6) is 0 Å². The Balaban J connectivity index is 1.59. The maximum absolute atomic E-state index is 12.1. The lowest BCUT2D eigenvalue weighted by atomic mass is 10.1. The SMILES string of the molecule is CCc1cccc(NC(=O)COC(=O)Cc2n[nH]c(=O)c3ccccc23)c1. The standard InChI is InChI=1S/C20H19N3O4/c1-2-13-6-5-7-14(10-13)21-18(24)12-27-19(25)11-17-15-8-3-4-9-16(15)20(26)23-22-17/h3-10H,2,11-12H2,1H3,(H,21,24)(H,23,26). The topological polar surface area (TPSA) is 101 Å². The third kappa shape index (κ3) is 4.58. The van der Waals surface area contributed by atoms with Gasteiger partial charge in [0.05, 0.1) is 17.5 Å². The van der Waals surface area contributed by atoms with Gasteiger partial charge >= 0.3 is 5.97 Å². The number of H-pyrrole nitrogens is 1. The quantitative estimate of drug-likeness (QED) is 0.652. The van der Waals surface area contributed by atoms with Crippen molar-refractivity contribution >= 4 is 28.3 Å². The molecule has 138 valence electrons. The van der Waals surface area contributed by atoms with Gasteiger partial charge in [-0.1, -0.05) is 37.3 Å². The van der Waals surface area contributed by atoms with Gasteiger partial charge in [-0.3, -0.25) is 14.4 Å². The zero-order chi connectivity index (χ0) is 19.2. The Morgan fingerprint density at radius 1 is 1.11 bits per heavy atom. The molecule has 0 radical (unpaired) electrons. The van der Waals surface area contributed by atoms with Crippen LogP contribution in [0.1, 0.15) is 18.2 Å². The molecule has 3 aromatic rings. The van der Waals surface area contributed by atoms with E-state index in [4.69, 9.17) is 4.74 Å². The molecule has 0 saturated heterocycles. The van der Waals surface area contributed by atoms with E-state index in [2.05, 4.69) is 15.5 Å². The minimum absolute atomic E-state index is 0.143. The molecule has 0 aliphatic rings. The highest BCUT2D eigenvalue weighted by Crippen LogP contribution is 2.13. The van der Waals surface area contributed by atoms with Crippen LogP contribution in [0.4, 0.5) is 5.69 Å². The third-order valence-corrected chi connectivity index (χ3v) is 4.07. The van der Waals surface area contributed by atoms with Crippen molar-refractivity contribution in [3.8, 4) is 0 Å². The lowest BCUT2D eigenvalue weighted by Gasteiger charge is -2.08. The summed E-state index contributed by atoms with van der Waals surface area (Å²) >= 11 is 0. The van der Waals surface area contributed by atoms with E-state index in [0.717, 1.165) is 12.0 Å². The summed E-state index contributed by atoms with van der Waals surface area (Å²) in [6.07, 6.45) is 0.717. The first-order valence-corrected chi connectivity index (χ1v) is 8.57. The van der Waals surface area contributed by atoms with Crippen molar-refractivity contribution in [2.75, 3.05) is 11.9 Å². The van der Waals surface area contributed by atoms with Gasteiger partial charge in [-0.15, -0.1) is 0 Å². The summed E-state index contributed by atoms with van der Waals surface area (Å²) in [7, 11) is 0. The molecule has 2 N–H and O–H groups in total. The van der Waals surface area contributed by atoms with Gasteiger partial charge < -0.3 is 10.1 Å². The number of amides is 1. The van der Waals surface area contributed by atoms with Gasteiger partial charge in [0.1, 0.15) is 0 Å². The summed E-state index contributed by atoms with van der Waals surface area (Å²) in [6.45, 7) is 1.63. The number of nitrogens with one attached hydrogen (secondary N) is 2. The number of anilines is 1. The fraction of sp³-hybridized carbons (Fsp3) is 0.200. The second-order valence-corrected chi connectivity index (χ2v) is 5.98. The van der Waals surface area contributed by atoms with Crippen LogP contribution in [0.3, 0.4) is 0 Å². The Morgan fingerprint density at radius 2 is 1.89 bits per heavy atom.